The summed E-state index contributed by atoms with van der Waals surface area (Å²) in [6.45, 7) is 2.84. The first kappa shape index (κ1) is 14.5. The molecule has 1 amide bonds. The first-order valence-electron chi connectivity index (χ1n) is 6.69. The SMILES string of the molecule is COC(=O)C1CN(C(=O)[C@@H](N)Cc2ccc(C)cc2)C1. The number of aryl methyl sites for hydroxylation is 1. The number of rotatable bonds is 4. The number of nitrogens with two attached hydrogens (primary N) is 1. The fourth-order valence-electron chi connectivity index (χ4n) is 2.27. The average molecular weight is 276 g/mol. The molecule has 0 bridgehead atoms. The minimum absolute atomic E-state index is 0.106. The Balaban J connectivity index is 1.84. The third-order valence-electron chi connectivity index (χ3n) is 3.62. The van der Waals surface area contributed by atoms with E-state index in [9.17, 15) is 9.59 Å². The van der Waals surface area contributed by atoms with Crippen molar-refractivity contribution < 1.29 is 14.3 Å². The van der Waals surface area contributed by atoms with Gasteiger partial charge in [0.05, 0.1) is 19.1 Å². The number of carbonyl (C=O) groups excluding carboxylic acids is 2. The molecule has 1 aromatic rings. The normalized spacial score (nSPS) is 16.4. The van der Waals surface area contributed by atoms with Crippen LogP contribution in [-0.2, 0) is 20.7 Å². The highest BCUT2D eigenvalue weighted by Crippen LogP contribution is 2.18. The number of nitrogens with zero attached hydrogens (tertiary/aromatic N) is 1. The van der Waals surface area contributed by atoms with Crippen molar-refractivity contribution in [2.45, 2.75) is 19.4 Å². The summed E-state index contributed by atoms with van der Waals surface area (Å²) in [6.07, 6.45) is 0.512. The molecule has 2 rings (SSSR count). The molecule has 0 saturated carbocycles. The Labute approximate surface area is 118 Å². The van der Waals surface area contributed by atoms with E-state index >= 15 is 0 Å². The van der Waals surface area contributed by atoms with E-state index in [2.05, 4.69) is 4.74 Å². The quantitative estimate of drug-likeness (QED) is 0.813. The lowest BCUT2D eigenvalue weighted by Gasteiger charge is -2.38. The van der Waals surface area contributed by atoms with Gasteiger partial charge < -0.3 is 15.4 Å². The van der Waals surface area contributed by atoms with Crippen LogP contribution in [0, 0.1) is 12.8 Å². The predicted molar refractivity (Wildman–Crippen MR) is 74.9 cm³/mol. The Morgan fingerprint density at radius 1 is 1.35 bits per heavy atom. The highest BCUT2D eigenvalue weighted by molar-refractivity contribution is 5.85. The van der Waals surface area contributed by atoms with E-state index in [-0.39, 0.29) is 17.8 Å². The molecule has 1 aliphatic heterocycles. The van der Waals surface area contributed by atoms with Gasteiger partial charge in [0.25, 0.3) is 0 Å². The molecule has 1 saturated heterocycles. The van der Waals surface area contributed by atoms with Crippen molar-refractivity contribution in [3.63, 3.8) is 0 Å². The molecule has 5 nitrogen and oxygen atoms in total. The molecule has 0 unspecified atom stereocenters. The lowest BCUT2D eigenvalue weighted by atomic mass is 9.97. The number of carbonyl (C=O) groups is 2. The van der Waals surface area contributed by atoms with Crippen LogP contribution in [0.2, 0.25) is 0 Å². The average Bonchev–Trinajstić information content (AvgIpc) is 2.39. The zero-order valence-electron chi connectivity index (χ0n) is 11.8. The van der Waals surface area contributed by atoms with Crippen molar-refractivity contribution in [1.82, 2.24) is 4.90 Å². The second kappa shape index (κ2) is 6.05. The molecule has 2 N–H and O–H groups in total. The third kappa shape index (κ3) is 3.17. The number of methoxy groups -OCH3 is 1. The summed E-state index contributed by atoms with van der Waals surface area (Å²) >= 11 is 0. The summed E-state index contributed by atoms with van der Waals surface area (Å²) in [7, 11) is 1.36. The molecule has 1 fully saturated rings. The topological polar surface area (TPSA) is 72.6 Å². The van der Waals surface area contributed by atoms with Crippen LogP contribution in [0.1, 0.15) is 11.1 Å². The Bertz CT molecular complexity index is 492. The van der Waals surface area contributed by atoms with E-state index in [1.54, 1.807) is 4.90 Å². The van der Waals surface area contributed by atoms with Gasteiger partial charge in [-0.2, -0.15) is 0 Å². The Morgan fingerprint density at radius 2 is 1.95 bits per heavy atom. The molecule has 0 aromatic heterocycles. The van der Waals surface area contributed by atoms with Crippen molar-refractivity contribution in [3.8, 4) is 0 Å². The molecule has 5 heteroatoms. The Morgan fingerprint density at radius 3 is 2.50 bits per heavy atom. The molecule has 1 atom stereocenters. The first-order valence-corrected chi connectivity index (χ1v) is 6.69. The van der Waals surface area contributed by atoms with Crippen LogP contribution in [0.5, 0.6) is 0 Å². The van der Waals surface area contributed by atoms with Gasteiger partial charge in [-0.05, 0) is 18.9 Å². The second-order valence-electron chi connectivity index (χ2n) is 5.26. The van der Waals surface area contributed by atoms with E-state index < -0.39 is 6.04 Å². The highest BCUT2D eigenvalue weighted by Gasteiger charge is 2.37. The molecule has 0 aliphatic carbocycles. The Kier molecular flexibility index (Phi) is 4.39. The third-order valence-corrected chi connectivity index (χ3v) is 3.62. The maximum absolute atomic E-state index is 12.1. The summed E-state index contributed by atoms with van der Waals surface area (Å²) in [4.78, 5) is 25.0. The van der Waals surface area contributed by atoms with Gasteiger partial charge in [0.1, 0.15) is 0 Å². The molecule has 0 radical (unpaired) electrons. The van der Waals surface area contributed by atoms with E-state index in [1.165, 1.54) is 12.7 Å². The molecular weight excluding hydrogens is 256 g/mol. The van der Waals surface area contributed by atoms with Crippen molar-refractivity contribution >= 4 is 11.9 Å². The standard InChI is InChI=1S/C15H20N2O3/c1-10-3-5-11(6-4-10)7-13(16)14(18)17-8-12(9-17)15(19)20-2/h3-6,12-13H,7-9,16H2,1-2H3/t13-/m0/s1. The van der Waals surface area contributed by atoms with Crippen LogP contribution < -0.4 is 5.73 Å². The number of hydrogen-bond donors (Lipinski definition) is 1. The first-order chi connectivity index (χ1) is 9.51. The predicted octanol–water partition coefficient (Wildman–Crippen LogP) is 0.496. The van der Waals surface area contributed by atoms with E-state index in [1.807, 2.05) is 31.2 Å². The zero-order valence-corrected chi connectivity index (χ0v) is 11.8. The summed E-state index contributed by atoms with van der Waals surface area (Å²) in [5, 5.41) is 0. The summed E-state index contributed by atoms with van der Waals surface area (Å²) in [5.41, 5.74) is 8.17. The molecule has 1 aliphatic rings. The zero-order chi connectivity index (χ0) is 14.7. The molecule has 1 aromatic carbocycles. The number of likely N-dealkylation sites (tertiary alicyclic amines) is 1. The van der Waals surface area contributed by atoms with Crippen molar-refractivity contribution in [2.75, 3.05) is 20.2 Å². The smallest absolute Gasteiger partial charge is 0.312 e. The van der Waals surface area contributed by atoms with Crippen molar-refractivity contribution in [3.05, 3.63) is 35.4 Å². The molecule has 108 valence electrons. The maximum Gasteiger partial charge on any atom is 0.312 e. The summed E-state index contributed by atoms with van der Waals surface area (Å²) in [5.74, 6) is -0.567. The minimum Gasteiger partial charge on any atom is -0.469 e. The lowest BCUT2D eigenvalue weighted by Crippen LogP contribution is -2.57. The molecular formula is C15H20N2O3. The van der Waals surface area contributed by atoms with Crippen LogP contribution in [0.3, 0.4) is 0 Å². The fourth-order valence-corrected chi connectivity index (χ4v) is 2.27. The summed E-state index contributed by atoms with van der Waals surface area (Å²) in [6, 6.07) is 7.41. The van der Waals surface area contributed by atoms with Gasteiger partial charge in [-0.3, -0.25) is 9.59 Å². The van der Waals surface area contributed by atoms with Crippen molar-refractivity contribution in [2.24, 2.45) is 11.7 Å². The van der Waals surface area contributed by atoms with Crippen LogP contribution in [0.15, 0.2) is 24.3 Å². The number of esters is 1. The van der Waals surface area contributed by atoms with Gasteiger partial charge >= 0.3 is 5.97 Å². The second-order valence-corrected chi connectivity index (χ2v) is 5.26. The highest BCUT2D eigenvalue weighted by atomic mass is 16.5. The van der Waals surface area contributed by atoms with Gasteiger partial charge in [0, 0.05) is 13.1 Å². The van der Waals surface area contributed by atoms with Gasteiger partial charge in [0.2, 0.25) is 5.91 Å². The van der Waals surface area contributed by atoms with E-state index in [4.69, 9.17) is 5.73 Å². The summed E-state index contributed by atoms with van der Waals surface area (Å²) < 4.78 is 4.64. The van der Waals surface area contributed by atoms with Crippen LogP contribution >= 0.6 is 0 Å². The van der Waals surface area contributed by atoms with Crippen molar-refractivity contribution in [1.29, 1.82) is 0 Å². The number of benzene rings is 1. The van der Waals surface area contributed by atoms with Gasteiger partial charge in [-0.1, -0.05) is 29.8 Å². The number of hydrogen-bond acceptors (Lipinski definition) is 4. The van der Waals surface area contributed by atoms with Gasteiger partial charge in [-0.25, -0.2) is 0 Å². The minimum atomic E-state index is -0.559. The van der Waals surface area contributed by atoms with Gasteiger partial charge in [0.15, 0.2) is 0 Å². The molecule has 0 spiro atoms. The molecule has 20 heavy (non-hydrogen) atoms. The monoisotopic (exact) mass is 276 g/mol. The lowest BCUT2D eigenvalue weighted by molar-refractivity contribution is -0.156. The van der Waals surface area contributed by atoms with Gasteiger partial charge in [-0.15, -0.1) is 0 Å². The maximum atomic E-state index is 12.1. The van der Waals surface area contributed by atoms with Crippen LogP contribution in [0.4, 0.5) is 0 Å². The van der Waals surface area contributed by atoms with Crippen LogP contribution in [0.25, 0.3) is 0 Å². The number of ether oxygens (including phenoxy) is 1. The van der Waals surface area contributed by atoms with E-state index in [0.717, 1.165) is 5.56 Å². The number of amides is 1. The van der Waals surface area contributed by atoms with Crippen LogP contribution in [-0.4, -0.2) is 43.0 Å². The Hall–Kier alpha value is -1.88. The van der Waals surface area contributed by atoms with E-state index in [0.29, 0.717) is 19.5 Å². The largest absolute Gasteiger partial charge is 0.469 e. The fraction of sp³-hybridized carbons (Fsp3) is 0.467. The molecule has 1 heterocycles.